The van der Waals surface area contributed by atoms with Crippen molar-refractivity contribution in [2.75, 3.05) is 11.1 Å². The van der Waals surface area contributed by atoms with Crippen LogP contribution in [-0.2, 0) is 0 Å². The Morgan fingerprint density at radius 1 is 1.14 bits per heavy atom. The van der Waals surface area contributed by atoms with Crippen LogP contribution in [-0.4, -0.2) is 10.9 Å². The van der Waals surface area contributed by atoms with Gasteiger partial charge in [-0.15, -0.1) is 0 Å². The summed E-state index contributed by atoms with van der Waals surface area (Å²) in [5.41, 5.74) is 8.87. The molecule has 0 unspecified atom stereocenters. The Kier molecular flexibility index (Phi) is 3.05. The summed E-state index contributed by atoms with van der Waals surface area (Å²) in [4.78, 5) is 15.2. The lowest BCUT2D eigenvalue weighted by atomic mass is 10.2. The number of carbonyl (C=O) groups excluding carboxylic acids is 1. The van der Waals surface area contributed by atoms with E-state index < -0.39 is 0 Å². The number of amides is 1. The van der Waals surface area contributed by atoms with Crippen LogP contribution in [0.4, 0.5) is 11.4 Å². The predicted octanol–water partition coefficient (Wildman–Crippen LogP) is 2.87. The summed E-state index contributed by atoms with van der Waals surface area (Å²) in [6, 6.07) is 15.9. The molecule has 102 valence electrons. The third kappa shape index (κ3) is 2.55. The molecule has 3 aromatic rings. The number of hydrogen-bond donors (Lipinski definition) is 3. The number of anilines is 2. The Hall–Kier alpha value is -3.26. The molecule has 1 aromatic heterocycles. The van der Waals surface area contributed by atoms with Gasteiger partial charge in [-0.1, -0.05) is 0 Å². The number of fused-ring (bicyclic) bond motifs is 1. The van der Waals surface area contributed by atoms with Gasteiger partial charge in [-0.05, 0) is 48.5 Å². The quantitative estimate of drug-likeness (QED) is 0.628. The zero-order valence-corrected chi connectivity index (χ0v) is 11.1. The number of nitrogens with two attached hydrogens (primary N) is 1. The van der Waals surface area contributed by atoms with Crippen molar-refractivity contribution in [2.24, 2.45) is 0 Å². The average Bonchev–Trinajstić information content (AvgIpc) is 2.91. The van der Waals surface area contributed by atoms with Gasteiger partial charge in [-0.2, -0.15) is 5.26 Å². The highest BCUT2D eigenvalue weighted by atomic mass is 16.1. The van der Waals surface area contributed by atoms with Crippen molar-refractivity contribution < 1.29 is 4.79 Å². The summed E-state index contributed by atoms with van der Waals surface area (Å²) in [6.07, 6.45) is 0. The molecule has 0 aliphatic carbocycles. The fourth-order valence-electron chi connectivity index (χ4n) is 2.10. The van der Waals surface area contributed by atoms with Gasteiger partial charge in [-0.25, -0.2) is 0 Å². The summed E-state index contributed by atoms with van der Waals surface area (Å²) in [5, 5.41) is 12.4. The van der Waals surface area contributed by atoms with E-state index in [1.807, 2.05) is 18.2 Å². The van der Waals surface area contributed by atoms with Crippen LogP contribution >= 0.6 is 0 Å². The first-order chi connectivity index (χ1) is 10.2. The first-order valence-corrected chi connectivity index (χ1v) is 6.35. The van der Waals surface area contributed by atoms with Gasteiger partial charge in [0.1, 0.15) is 5.69 Å². The summed E-state index contributed by atoms with van der Waals surface area (Å²) in [5.74, 6) is -0.241. The molecule has 1 amide bonds. The predicted molar refractivity (Wildman–Crippen MR) is 81.8 cm³/mol. The number of hydrogen-bond acceptors (Lipinski definition) is 3. The molecular formula is C16H12N4O. The van der Waals surface area contributed by atoms with Crippen molar-refractivity contribution in [3.63, 3.8) is 0 Å². The normalized spacial score (nSPS) is 10.2. The number of aromatic nitrogens is 1. The maximum Gasteiger partial charge on any atom is 0.272 e. The van der Waals surface area contributed by atoms with Crippen molar-refractivity contribution in [1.82, 2.24) is 4.98 Å². The molecule has 2 aromatic carbocycles. The molecule has 21 heavy (non-hydrogen) atoms. The van der Waals surface area contributed by atoms with Crippen molar-refractivity contribution in [3.05, 3.63) is 59.8 Å². The highest BCUT2D eigenvalue weighted by molar-refractivity contribution is 6.06. The molecule has 1 heterocycles. The second-order valence-corrected chi connectivity index (χ2v) is 4.67. The first-order valence-electron chi connectivity index (χ1n) is 6.35. The third-order valence-electron chi connectivity index (χ3n) is 3.16. The molecule has 0 fully saturated rings. The molecule has 4 N–H and O–H groups in total. The van der Waals surface area contributed by atoms with Crippen LogP contribution in [0.25, 0.3) is 10.9 Å². The van der Waals surface area contributed by atoms with Crippen molar-refractivity contribution in [2.45, 2.75) is 0 Å². The SMILES string of the molecule is N#Cc1ccc(NC(=O)c2cc3cc(N)ccc3[nH]2)cc1. The van der Waals surface area contributed by atoms with Gasteiger partial charge in [0.05, 0.1) is 11.6 Å². The summed E-state index contributed by atoms with van der Waals surface area (Å²) >= 11 is 0. The van der Waals surface area contributed by atoms with Crippen molar-refractivity contribution in [1.29, 1.82) is 5.26 Å². The third-order valence-corrected chi connectivity index (χ3v) is 3.16. The van der Waals surface area contributed by atoms with Crippen LogP contribution < -0.4 is 11.1 Å². The van der Waals surface area contributed by atoms with Crippen molar-refractivity contribution in [3.8, 4) is 6.07 Å². The number of aromatic amines is 1. The summed E-state index contributed by atoms with van der Waals surface area (Å²) in [7, 11) is 0. The van der Waals surface area contributed by atoms with Gasteiger partial charge in [0.25, 0.3) is 5.91 Å². The van der Waals surface area contributed by atoms with E-state index in [0.29, 0.717) is 22.6 Å². The Morgan fingerprint density at radius 3 is 2.62 bits per heavy atom. The summed E-state index contributed by atoms with van der Waals surface area (Å²) in [6.45, 7) is 0. The molecule has 5 heteroatoms. The lowest BCUT2D eigenvalue weighted by Crippen LogP contribution is -2.12. The molecule has 0 spiro atoms. The van der Waals surface area contributed by atoms with E-state index in [-0.39, 0.29) is 5.91 Å². The standard InChI is InChI=1S/C16H12N4O/c17-9-10-1-4-13(5-2-10)19-16(21)15-8-11-7-12(18)3-6-14(11)20-15/h1-8,20H,18H2,(H,19,21). The number of nitrogen functional groups attached to an aromatic ring is 1. The number of nitrogens with one attached hydrogen (secondary N) is 2. The van der Waals surface area contributed by atoms with E-state index in [4.69, 9.17) is 11.0 Å². The van der Waals surface area contributed by atoms with E-state index in [0.717, 1.165) is 10.9 Å². The highest BCUT2D eigenvalue weighted by Crippen LogP contribution is 2.19. The molecular weight excluding hydrogens is 264 g/mol. The van der Waals surface area contributed by atoms with Gasteiger partial charge in [0.15, 0.2) is 0 Å². The Morgan fingerprint density at radius 2 is 1.90 bits per heavy atom. The number of nitrogens with zero attached hydrogens (tertiary/aromatic N) is 1. The van der Waals surface area contributed by atoms with Crippen LogP contribution in [0.1, 0.15) is 16.1 Å². The van der Waals surface area contributed by atoms with Gasteiger partial charge in [0.2, 0.25) is 0 Å². The Bertz CT molecular complexity index is 856. The van der Waals surface area contributed by atoms with E-state index >= 15 is 0 Å². The number of benzene rings is 2. The zero-order chi connectivity index (χ0) is 14.8. The van der Waals surface area contributed by atoms with E-state index in [1.165, 1.54) is 0 Å². The zero-order valence-electron chi connectivity index (χ0n) is 11.1. The van der Waals surface area contributed by atoms with E-state index in [9.17, 15) is 4.79 Å². The van der Waals surface area contributed by atoms with Crippen LogP contribution in [0.15, 0.2) is 48.5 Å². The molecule has 5 nitrogen and oxygen atoms in total. The Balaban J connectivity index is 1.84. The molecule has 0 saturated carbocycles. The summed E-state index contributed by atoms with van der Waals surface area (Å²) < 4.78 is 0. The van der Waals surface area contributed by atoms with Gasteiger partial charge >= 0.3 is 0 Å². The number of rotatable bonds is 2. The molecule has 0 radical (unpaired) electrons. The largest absolute Gasteiger partial charge is 0.399 e. The highest BCUT2D eigenvalue weighted by Gasteiger charge is 2.10. The van der Waals surface area contributed by atoms with Crippen LogP contribution in [0.5, 0.6) is 0 Å². The van der Waals surface area contributed by atoms with E-state index in [2.05, 4.69) is 10.3 Å². The topological polar surface area (TPSA) is 94.7 Å². The van der Waals surface area contributed by atoms with Crippen LogP contribution in [0.2, 0.25) is 0 Å². The van der Waals surface area contributed by atoms with Crippen LogP contribution in [0, 0.1) is 11.3 Å². The molecule has 3 rings (SSSR count). The number of carbonyl (C=O) groups is 1. The lowest BCUT2D eigenvalue weighted by molar-refractivity contribution is 0.102. The molecule has 0 aliphatic rings. The molecule has 0 bridgehead atoms. The fourth-order valence-corrected chi connectivity index (χ4v) is 2.10. The fraction of sp³-hybridized carbons (Fsp3) is 0. The minimum atomic E-state index is -0.241. The lowest BCUT2D eigenvalue weighted by Gasteiger charge is -2.03. The van der Waals surface area contributed by atoms with Gasteiger partial charge < -0.3 is 16.0 Å². The van der Waals surface area contributed by atoms with Gasteiger partial charge in [0, 0.05) is 22.3 Å². The molecule has 0 atom stereocenters. The minimum Gasteiger partial charge on any atom is -0.399 e. The maximum absolute atomic E-state index is 12.2. The molecule has 0 saturated heterocycles. The van der Waals surface area contributed by atoms with Crippen molar-refractivity contribution >= 4 is 28.2 Å². The second-order valence-electron chi connectivity index (χ2n) is 4.67. The average molecular weight is 276 g/mol. The van der Waals surface area contributed by atoms with Gasteiger partial charge in [-0.3, -0.25) is 4.79 Å². The minimum absolute atomic E-state index is 0.241. The van der Waals surface area contributed by atoms with Crippen LogP contribution in [0.3, 0.4) is 0 Å². The first kappa shape index (κ1) is 12.8. The smallest absolute Gasteiger partial charge is 0.272 e. The molecule has 0 aliphatic heterocycles. The monoisotopic (exact) mass is 276 g/mol. The van der Waals surface area contributed by atoms with E-state index in [1.54, 1.807) is 36.4 Å². The second kappa shape index (κ2) is 5.02. The number of H-pyrrole nitrogens is 1. The maximum atomic E-state index is 12.2. The number of nitriles is 1. The Labute approximate surface area is 121 Å².